The summed E-state index contributed by atoms with van der Waals surface area (Å²) in [5.74, 6) is -1.37. The van der Waals surface area contributed by atoms with Crippen LogP contribution in [0, 0.1) is 12.7 Å². The molecule has 10 heteroatoms. The quantitative estimate of drug-likeness (QED) is 0.329. The Morgan fingerprint density at radius 2 is 1.90 bits per heavy atom. The smallest absolute Gasteiger partial charge is 0.416 e. The number of esters is 1. The zero-order chi connectivity index (χ0) is 22.8. The molecule has 0 fully saturated rings. The fraction of sp³-hybridized carbons (Fsp3) is 0.238. The molecule has 3 aromatic rings. The summed E-state index contributed by atoms with van der Waals surface area (Å²) in [6.07, 6.45) is -0.209. The molecule has 31 heavy (non-hydrogen) atoms. The molecule has 0 N–H and O–H groups in total. The van der Waals surface area contributed by atoms with Gasteiger partial charge in [-0.05, 0) is 50.6 Å². The molecule has 0 saturated heterocycles. The van der Waals surface area contributed by atoms with Crippen LogP contribution in [0.1, 0.15) is 30.5 Å². The minimum atomic E-state index is -4.51. The number of pyridine rings is 1. The number of ether oxygens (including phenoxy) is 1. The van der Waals surface area contributed by atoms with Crippen LogP contribution in [0.4, 0.5) is 17.6 Å². The fourth-order valence-corrected chi connectivity index (χ4v) is 2.76. The van der Waals surface area contributed by atoms with Gasteiger partial charge in [0, 0.05) is 23.5 Å². The Kier molecular flexibility index (Phi) is 6.19. The van der Waals surface area contributed by atoms with Crippen LogP contribution in [-0.4, -0.2) is 31.8 Å². The van der Waals surface area contributed by atoms with Crippen LogP contribution in [-0.2, 0) is 15.7 Å². The predicted octanol–water partition coefficient (Wildman–Crippen LogP) is 4.76. The monoisotopic (exact) mass is 434 g/mol. The van der Waals surface area contributed by atoms with Gasteiger partial charge in [0.2, 0.25) is 0 Å². The third-order valence-electron chi connectivity index (χ3n) is 4.01. The van der Waals surface area contributed by atoms with Gasteiger partial charge in [0.25, 0.3) is 0 Å². The Morgan fingerprint density at radius 3 is 2.55 bits per heavy atom. The molecule has 0 unspecified atom stereocenters. The van der Waals surface area contributed by atoms with Crippen molar-refractivity contribution in [2.24, 2.45) is 0 Å². The number of aryl methyl sites for hydroxylation is 1. The summed E-state index contributed by atoms with van der Waals surface area (Å²) in [5, 5.41) is 4.13. The first-order valence-corrected chi connectivity index (χ1v) is 9.17. The van der Waals surface area contributed by atoms with Crippen molar-refractivity contribution < 1.29 is 27.1 Å². The molecule has 0 aliphatic carbocycles. The third kappa shape index (κ3) is 5.53. The topological polar surface area (TPSA) is 69.9 Å². The van der Waals surface area contributed by atoms with Crippen molar-refractivity contribution in [2.75, 3.05) is 0 Å². The summed E-state index contributed by atoms with van der Waals surface area (Å²) in [5.41, 5.74) is -0.154. The molecule has 3 rings (SSSR count). The minimum absolute atomic E-state index is 0.0272. The maximum atomic E-state index is 13.6. The van der Waals surface area contributed by atoms with E-state index in [2.05, 4.69) is 15.1 Å². The van der Waals surface area contributed by atoms with Gasteiger partial charge in [-0.1, -0.05) is 0 Å². The van der Waals surface area contributed by atoms with E-state index in [1.165, 1.54) is 31.7 Å². The van der Waals surface area contributed by atoms with E-state index < -0.39 is 29.6 Å². The number of carbonyl (C=O) groups is 1. The van der Waals surface area contributed by atoms with Crippen molar-refractivity contribution in [3.63, 3.8) is 0 Å². The van der Waals surface area contributed by atoms with Crippen molar-refractivity contribution in [2.45, 2.75) is 33.1 Å². The van der Waals surface area contributed by atoms with Crippen molar-refractivity contribution in [3.8, 4) is 11.4 Å². The van der Waals surface area contributed by atoms with Crippen LogP contribution < -0.4 is 0 Å². The molecule has 6 nitrogen and oxygen atoms in total. The van der Waals surface area contributed by atoms with Crippen LogP contribution in [0.3, 0.4) is 0 Å². The Morgan fingerprint density at radius 1 is 1.16 bits per heavy atom. The second-order valence-electron chi connectivity index (χ2n) is 7.02. The largest absolute Gasteiger partial charge is 0.459 e. The Balaban J connectivity index is 2.02. The molecule has 0 spiro atoms. The maximum Gasteiger partial charge on any atom is 0.416 e. The predicted molar refractivity (Wildman–Crippen MR) is 105 cm³/mol. The van der Waals surface area contributed by atoms with E-state index in [0.29, 0.717) is 5.56 Å². The molecular formula is C21H18F4N4O2. The van der Waals surface area contributed by atoms with E-state index in [1.807, 2.05) is 0 Å². The van der Waals surface area contributed by atoms with Gasteiger partial charge in [-0.3, -0.25) is 4.98 Å². The van der Waals surface area contributed by atoms with E-state index in [-0.39, 0.29) is 22.5 Å². The number of hydrogen-bond donors (Lipinski definition) is 0. The van der Waals surface area contributed by atoms with Crippen LogP contribution in [0.15, 0.2) is 43.0 Å². The molecule has 0 bridgehead atoms. The van der Waals surface area contributed by atoms with Crippen LogP contribution in [0.2, 0.25) is 0 Å². The number of nitrogens with zero attached hydrogens (tertiary/aromatic N) is 4. The molecule has 0 saturated carbocycles. The highest BCUT2D eigenvalue weighted by Gasteiger charge is 2.31. The molecule has 0 amide bonds. The Bertz CT molecular complexity index is 1140. The average molecular weight is 434 g/mol. The number of halogens is 4. The van der Waals surface area contributed by atoms with E-state index in [9.17, 15) is 22.4 Å². The number of aromatic nitrogens is 4. The highest BCUT2D eigenvalue weighted by molar-refractivity contribution is 6.20. The van der Waals surface area contributed by atoms with Gasteiger partial charge in [0.05, 0.1) is 23.4 Å². The van der Waals surface area contributed by atoms with Gasteiger partial charge >= 0.3 is 12.1 Å². The summed E-state index contributed by atoms with van der Waals surface area (Å²) < 4.78 is 59.3. The number of hydrogen-bond acceptors (Lipinski definition) is 5. The lowest BCUT2D eigenvalue weighted by atomic mass is 10.1. The summed E-state index contributed by atoms with van der Waals surface area (Å²) >= 11 is 0. The fourth-order valence-electron chi connectivity index (χ4n) is 2.76. The van der Waals surface area contributed by atoms with Crippen LogP contribution >= 0.6 is 0 Å². The van der Waals surface area contributed by atoms with Crippen molar-refractivity contribution in [1.29, 1.82) is 0 Å². The van der Waals surface area contributed by atoms with Crippen molar-refractivity contribution >= 4 is 17.7 Å². The molecule has 0 atom stereocenters. The van der Waals surface area contributed by atoms with E-state index >= 15 is 0 Å². The molecule has 0 radical (unpaired) electrons. The highest BCUT2D eigenvalue weighted by atomic mass is 19.4. The van der Waals surface area contributed by atoms with Gasteiger partial charge in [-0.15, -0.1) is 5.10 Å². The SMILES string of the molecule is Cc1cc(-c2ncn(C=C(C(=O)OC(C)C)c3cncc(F)c3)n2)cc(C(F)(F)F)c1. The highest BCUT2D eigenvalue weighted by Crippen LogP contribution is 2.32. The lowest BCUT2D eigenvalue weighted by Crippen LogP contribution is -2.14. The molecule has 0 aliphatic heterocycles. The Hall–Kier alpha value is -3.56. The molecule has 0 aliphatic rings. The van der Waals surface area contributed by atoms with Crippen molar-refractivity contribution in [3.05, 3.63) is 65.5 Å². The first-order valence-electron chi connectivity index (χ1n) is 9.17. The van der Waals surface area contributed by atoms with Gasteiger partial charge in [-0.25, -0.2) is 18.9 Å². The second-order valence-corrected chi connectivity index (χ2v) is 7.02. The number of carbonyl (C=O) groups excluding carboxylic acids is 1. The molecule has 2 heterocycles. The van der Waals surface area contributed by atoms with E-state index in [4.69, 9.17) is 4.74 Å². The normalized spacial score (nSPS) is 12.3. The molecule has 1 aromatic carbocycles. The number of alkyl halides is 3. The lowest BCUT2D eigenvalue weighted by molar-refractivity contribution is -0.140. The van der Waals surface area contributed by atoms with Gasteiger partial charge < -0.3 is 4.74 Å². The second kappa shape index (κ2) is 8.66. The third-order valence-corrected chi connectivity index (χ3v) is 4.01. The minimum Gasteiger partial charge on any atom is -0.459 e. The average Bonchev–Trinajstić information content (AvgIpc) is 3.13. The summed E-state index contributed by atoms with van der Waals surface area (Å²) in [7, 11) is 0. The van der Waals surface area contributed by atoms with Crippen LogP contribution in [0.5, 0.6) is 0 Å². The molecule has 2 aromatic heterocycles. The van der Waals surface area contributed by atoms with Crippen LogP contribution in [0.25, 0.3) is 23.2 Å². The van der Waals surface area contributed by atoms with E-state index in [0.717, 1.165) is 29.1 Å². The first kappa shape index (κ1) is 22.1. The van der Waals surface area contributed by atoms with Gasteiger partial charge in [0.15, 0.2) is 5.82 Å². The standard InChI is InChI=1S/C21H18F4N4O2/c1-12(2)31-20(30)18(15-7-17(22)9-26-8-15)10-29-11-27-19(28-29)14-4-13(3)5-16(6-14)21(23,24)25/h4-12H,1-3H3. The molecule has 162 valence electrons. The zero-order valence-electron chi connectivity index (χ0n) is 16.8. The van der Waals surface area contributed by atoms with Gasteiger partial charge in [0.1, 0.15) is 12.1 Å². The van der Waals surface area contributed by atoms with E-state index in [1.54, 1.807) is 13.8 Å². The van der Waals surface area contributed by atoms with Gasteiger partial charge in [-0.2, -0.15) is 13.2 Å². The summed E-state index contributed by atoms with van der Waals surface area (Å²) in [6.45, 7) is 4.85. The number of rotatable bonds is 5. The van der Waals surface area contributed by atoms with Crippen molar-refractivity contribution in [1.82, 2.24) is 19.7 Å². The zero-order valence-corrected chi connectivity index (χ0v) is 16.8. The molecular weight excluding hydrogens is 416 g/mol. The summed E-state index contributed by atoms with van der Waals surface area (Å²) in [4.78, 5) is 20.3. The Labute approximate surface area is 175 Å². The lowest BCUT2D eigenvalue weighted by Gasteiger charge is -2.11. The maximum absolute atomic E-state index is 13.6. The summed E-state index contributed by atoms with van der Waals surface area (Å²) in [6, 6.07) is 4.59. The number of benzene rings is 1. The first-order chi connectivity index (χ1) is 14.5.